The minimum atomic E-state index is -3.45. The number of sulfone groups is 1. The number of amides is 1. The summed E-state index contributed by atoms with van der Waals surface area (Å²) in [6.45, 7) is 3.15. The largest absolute Gasteiger partial charge is 0.339 e. The normalized spacial score (nSPS) is 19.3. The zero-order valence-corrected chi connectivity index (χ0v) is 12.6. The van der Waals surface area contributed by atoms with Gasteiger partial charge < -0.3 is 10.2 Å². The van der Waals surface area contributed by atoms with Crippen LogP contribution < -0.4 is 5.32 Å². The van der Waals surface area contributed by atoms with Crippen LogP contribution >= 0.6 is 0 Å². The zero-order valence-electron chi connectivity index (χ0n) is 11.7. The lowest BCUT2D eigenvalue weighted by Crippen LogP contribution is -2.54. The molecule has 1 heterocycles. The smallest absolute Gasteiger partial charge is 0.239 e. The summed E-state index contributed by atoms with van der Waals surface area (Å²) in [6, 6.07) is 7.49. The Morgan fingerprint density at radius 3 is 2.67 bits per heavy atom. The van der Waals surface area contributed by atoms with Crippen LogP contribution in [0.25, 0.3) is 0 Å². The van der Waals surface area contributed by atoms with Gasteiger partial charge in [0, 0.05) is 19.6 Å². The molecule has 0 aromatic heterocycles. The van der Waals surface area contributed by atoms with E-state index in [0.717, 1.165) is 0 Å². The molecule has 1 aromatic carbocycles. The van der Waals surface area contributed by atoms with Gasteiger partial charge in [0.15, 0.2) is 9.84 Å². The van der Waals surface area contributed by atoms with Gasteiger partial charge in [-0.3, -0.25) is 4.79 Å². The van der Waals surface area contributed by atoms with Crippen LogP contribution in [0.5, 0.6) is 0 Å². The first-order chi connectivity index (χ1) is 9.94. The Kier molecular flexibility index (Phi) is 4.60. The van der Waals surface area contributed by atoms with Crippen molar-refractivity contribution in [2.45, 2.75) is 17.9 Å². The van der Waals surface area contributed by atoms with Crippen molar-refractivity contribution < 1.29 is 13.2 Å². The molecule has 1 atom stereocenters. The van der Waals surface area contributed by atoms with Gasteiger partial charge in [0.2, 0.25) is 5.91 Å². The molecule has 1 saturated heterocycles. The van der Waals surface area contributed by atoms with Gasteiger partial charge in [0.05, 0.1) is 28.3 Å². The third kappa shape index (κ3) is 3.60. The van der Waals surface area contributed by atoms with Crippen molar-refractivity contribution in [3.05, 3.63) is 29.8 Å². The van der Waals surface area contributed by atoms with E-state index in [9.17, 15) is 13.2 Å². The summed E-state index contributed by atoms with van der Waals surface area (Å²) < 4.78 is 24.5. The SMILES string of the molecule is CC1NCCN(CCS(=O)(=O)c2ccc(C#N)cc2)C1=O. The summed E-state index contributed by atoms with van der Waals surface area (Å²) in [5.74, 6) is -0.187. The molecule has 0 saturated carbocycles. The number of nitriles is 1. The van der Waals surface area contributed by atoms with Crippen LogP contribution in [0.4, 0.5) is 0 Å². The molecule has 1 N–H and O–H groups in total. The van der Waals surface area contributed by atoms with Crippen LogP contribution in [0.3, 0.4) is 0 Å². The number of nitrogens with zero attached hydrogens (tertiary/aromatic N) is 2. The van der Waals surface area contributed by atoms with Crippen molar-refractivity contribution in [1.29, 1.82) is 5.26 Å². The summed E-state index contributed by atoms with van der Waals surface area (Å²) in [5.41, 5.74) is 0.417. The van der Waals surface area contributed by atoms with Crippen LogP contribution in [0.2, 0.25) is 0 Å². The molecule has 112 valence electrons. The highest BCUT2D eigenvalue weighted by Gasteiger charge is 2.26. The molecule has 1 aromatic rings. The molecule has 1 unspecified atom stereocenters. The number of hydrogen-bond donors (Lipinski definition) is 1. The van der Waals surface area contributed by atoms with Crippen molar-refractivity contribution in [2.75, 3.05) is 25.4 Å². The Hall–Kier alpha value is -1.91. The predicted molar refractivity (Wildman–Crippen MR) is 77.3 cm³/mol. The highest BCUT2D eigenvalue weighted by Crippen LogP contribution is 2.13. The topological polar surface area (TPSA) is 90.3 Å². The Balaban J connectivity index is 2.04. The van der Waals surface area contributed by atoms with Gasteiger partial charge in [-0.2, -0.15) is 5.26 Å². The monoisotopic (exact) mass is 307 g/mol. The number of carbonyl (C=O) groups is 1. The molecule has 21 heavy (non-hydrogen) atoms. The maximum atomic E-state index is 12.2. The van der Waals surface area contributed by atoms with Crippen LogP contribution in [-0.4, -0.2) is 50.7 Å². The first-order valence-electron chi connectivity index (χ1n) is 6.69. The van der Waals surface area contributed by atoms with Gasteiger partial charge >= 0.3 is 0 Å². The van der Waals surface area contributed by atoms with Gasteiger partial charge in [-0.25, -0.2) is 8.42 Å². The lowest BCUT2D eigenvalue weighted by atomic mass is 10.2. The van der Waals surface area contributed by atoms with E-state index in [0.29, 0.717) is 18.7 Å². The first-order valence-corrected chi connectivity index (χ1v) is 8.34. The number of piperazine rings is 1. The lowest BCUT2D eigenvalue weighted by molar-refractivity contribution is -0.134. The average molecular weight is 307 g/mol. The molecule has 0 spiro atoms. The molecule has 1 aliphatic rings. The fourth-order valence-electron chi connectivity index (χ4n) is 2.19. The summed E-state index contributed by atoms with van der Waals surface area (Å²) in [4.78, 5) is 13.6. The molecule has 2 rings (SSSR count). The van der Waals surface area contributed by atoms with Gasteiger partial charge in [0.1, 0.15) is 0 Å². The molecular formula is C14H17N3O3S. The van der Waals surface area contributed by atoms with Crippen LogP contribution in [-0.2, 0) is 14.6 Å². The van der Waals surface area contributed by atoms with Gasteiger partial charge in [-0.15, -0.1) is 0 Å². The number of carbonyl (C=O) groups excluding carboxylic acids is 1. The summed E-state index contributed by atoms with van der Waals surface area (Å²) >= 11 is 0. The second-order valence-electron chi connectivity index (χ2n) is 4.96. The van der Waals surface area contributed by atoms with E-state index in [-0.39, 0.29) is 29.1 Å². The minimum absolute atomic E-state index is 0.0729. The maximum absolute atomic E-state index is 12.2. The fourth-order valence-corrected chi connectivity index (χ4v) is 3.44. The molecule has 7 heteroatoms. The van der Waals surface area contributed by atoms with Crippen molar-refractivity contribution >= 4 is 15.7 Å². The number of rotatable bonds is 4. The Bertz CT molecular complexity index is 662. The van der Waals surface area contributed by atoms with Gasteiger partial charge in [-0.1, -0.05) is 0 Å². The minimum Gasteiger partial charge on any atom is -0.339 e. The highest BCUT2D eigenvalue weighted by molar-refractivity contribution is 7.91. The van der Waals surface area contributed by atoms with Crippen molar-refractivity contribution in [3.8, 4) is 6.07 Å². The van der Waals surface area contributed by atoms with Crippen molar-refractivity contribution in [2.24, 2.45) is 0 Å². The first kappa shape index (κ1) is 15.5. The van der Waals surface area contributed by atoms with Crippen LogP contribution in [0.15, 0.2) is 29.2 Å². The molecule has 1 aliphatic heterocycles. The van der Waals surface area contributed by atoms with Crippen LogP contribution in [0.1, 0.15) is 12.5 Å². The summed E-state index contributed by atoms with van der Waals surface area (Å²) in [5, 5.41) is 11.7. The maximum Gasteiger partial charge on any atom is 0.239 e. The molecular weight excluding hydrogens is 290 g/mol. The Morgan fingerprint density at radius 1 is 1.38 bits per heavy atom. The van der Waals surface area contributed by atoms with E-state index < -0.39 is 9.84 Å². The molecule has 0 bridgehead atoms. The second kappa shape index (κ2) is 6.24. The third-order valence-electron chi connectivity index (χ3n) is 3.49. The number of benzene rings is 1. The summed E-state index contributed by atoms with van der Waals surface area (Å²) in [7, 11) is -3.45. The van der Waals surface area contributed by atoms with E-state index in [4.69, 9.17) is 5.26 Å². The van der Waals surface area contributed by atoms with Crippen molar-refractivity contribution in [3.63, 3.8) is 0 Å². The van der Waals surface area contributed by atoms with Gasteiger partial charge in [-0.05, 0) is 31.2 Å². The number of nitrogens with one attached hydrogen (secondary N) is 1. The third-order valence-corrected chi connectivity index (χ3v) is 5.20. The van der Waals surface area contributed by atoms with Crippen LogP contribution in [0, 0.1) is 11.3 Å². The van der Waals surface area contributed by atoms with Gasteiger partial charge in [0.25, 0.3) is 0 Å². The predicted octanol–water partition coefficient (Wildman–Crippen LogP) is 0.152. The molecule has 6 nitrogen and oxygen atoms in total. The van der Waals surface area contributed by atoms with E-state index in [1.807, 2.05) is 6.07 Å². The summed E-state index contributed by atoms with van der Waals surface area (Å²) in [6.07, 6.45) is 0. The quantitative estimate of drug-likeness (QED) is 0.855. The van der Waals surface area contributed by atoms with E-state index >= 15 is 0 Å². The number of hydrogen-bond acceptors (Lipinski definition) is 5. The van der Waals surface area contributed by atoms with E-state index in [1.165, 1.54) is 24.3 Å². The average Bonchev–Trinajstić information content (AvgIpc) is 2.49. The molecule has 1 fully saturated rings. The fraction of sp³-hybridized carbons (Fsp3) is 0.429. The Labute approximate surface area is 124 Å². The lowest BCUT2D eigenvalue weighted by Gasteiger charge is -2.31. The molecule has 0 aliphatic carbocycles. The van der Waals surface area contributed by atoms with E-state index in [1.54, 1.807) is 11.8 Å². The molecule has 0 radical (unpaired) electrons. The van der Waals surface area contributed by atoms with Crippen molar-refractivity contribution in [1.82, 2.24) is 10.2 Å². The van der Waals surface area contributed by atoms with E-state index in [2.05, 4.69) is 5.32 Å². The zero-order chi connectivity index (χ0) is 15.5. The standard InChI is InChI=1S/C14H17N3O3S/c1-11-14(18)17(7-6-16-11)8-9-21(19,20)13-4-2-12(10-15)3-5-13/h2-5,11,16H,6-9H2,1H3. The molecule has 1 amide bonds. The Morgan fingerprint density at radius 2 is 2.05 bits per heavy atom. The highest BCUT2D eigenvalue weighted by atomic mass is 32.2. The second-order valence-corrected chi connectivity index (χ2v) is 7.07.